The average molecular weight is 269 g/mol. The molecule has 3 rings (SSSR count). The number of aromatic nitrogens is 2. The third-order valence-electron chi connectivity index (χ3n) is 2.98. The standard InChI is InChI=1S/C15H12FN3O/c16-12-7-5-11(6-8-12)9-15(20)18-19-10-17-13-3-1-2-4-14(13)19/h1-8,10H,9H2,(H,18,20). The molecular formula is C15H12FN3O. The van der Waals surface area contributed by atoms with Crippen molar-refractivity contribution in [2.75, 3.05) is 5.43 Å². The van der Waals surface area contributed by atoms with Crippen molar-refractivity contribution >= 4 is 16.9 Å². The Kier molecular flexibility index (Phi) is 3.16. The molecule has 0 saturated heterocycles. The monoisotopic (exact) mass is 269 g/mol. The second-order valence-corrected chi connectivity index (χ2v) is 4.44. The molecule has 0 bridgehead atoms. The van der Waals surface area contributed by atoms with Gasteiger partial charge in [0.05, 0.1) is 17.5 Å². The first kappa shape index (κ1) is 12.3. The summed E-state index contributed by atoms with van der Waals surface area (Å²) >= 11 is 0. The van der Waals surface area contributed by atoms with Crippen LogP contribution in [0.3, 0.4) is 0 Å². The summed E-state index contributed by atoms with van der Waals surface area (Å²) in [5.41, 5.74) is 5.15. The van der Waals surface area contributed by atoms with Crippen LogP contribution in [0.4, 0.5) is 4.39 Å². The third-order valence-corrected chi connectivity index (χ3v) is 2.98. The Morgan fingerprint density at radius 1 is 1.15 bits per heavy atom. The SMILES string of the molecule is O=C(Cc1ccc(F)cc1)Nn1cnc2ccccc21. The Labute approximate surface area is 114 Å². The molecule has 0 aliphatic heterocycles. The number of hydrogen-bond donors (Lipinski definition) is 1. The van der Waals surface area contributed by atoms with Crippen LogP contribution >= 0.6 is 0 Å². The molecule has 20 heavy (non-hydrogen) atoms. The van der Waals surface area contributed by atoms with Crippen LogP contribution in [0, 0.1) is 5.82 Å². The molecule has 0 saturated carbocycles. The Bertz CT molecular complexity index is 749. The van der Waals surface area contributed by atoms with Gasteiger partial charge in [-0.2, -0.15) is 0 Å². The molecule has 1 aromatic heterocycles. The minimum Gasteiger partial charge on any atom is -0.273 e. The minimum atomic E-state index is -0.310. The van der Waals surface area contributed by atoms with E-state index in [4.69, 9.17) is 0 Å². The van der Waals surface area contributed by atoms with Crippen molar-refractivity contribution in [1.29, 1.82) is 0 Å². The van der Waals surface area contributed by atoms with E-state index in [1.807, 2.05) is 24.3 Å². The molecule has 0 aliphatic rings. The highest BCUT2D eigenvalue weighted by Gasteiger charge is 2.07. The van der Waals surface area contributed by atoms with Crippen LogP contribution in [0.5, 0.6) is 0 Å². The van der Waals surface area contributed by atoms with E-state index >= 15 is 0 Å². The van der Waals surface area contributed by atoms with Crippen molar-refractivity contribution in [2.24, 2.45) is 0 Å². The molecule has 100 valence electrons. The van der Waals surface area contributed by atoms with Gasteiger partial charge in [0.2, 0.25) is 5.91 Å². The van der Waals surface area contributed by atoms with Crippen molar-refractivity contribution < 1.29 is 9.18 Å². The van der Waals surface area contributed by atoms with Gasteiger partial charge >= 0.3 is 0 Å². The molecule has 0 aliphatic carbocycles. The fourth-order valence-corrected chi connectivity index (χ4v) is 2.01. The summed E-state index contributed by atoms with van der Waals surface area (Å²) in [6.45, 7) is 0. The number of carbonyl (C=O) groups is 1. The summed E-state index contributed by atoms with van der Waals surface area (Å²) in [4.78, 5) is 16.1. The predicted molar refractivity (Wildman–Crippen MR) is 74.2 cm³/mol. The van der Waals surface area contributed by atoms with E-state index in [-0.39, 0.29) is 18.1 Å². The number of fused-ring (bicyclic) bond motifs is 1. The molecule has 3 aromatic rings. The highest BCUT2D eigenvalue weighted by Crippen LogP contribution is 2.10. The Morgan fingerprint density at radius 3 is 2.70 bits per heavy atom. The molecule has 0 unspecified atom stereocenters. The zero-order valence-corrected chi connectivity index (χ0v) is 10.6. The highest BCUT2D eigenvalue weighted by atomic mass is 19.1. The van der Waals surface area contributed by atoms with Crippen molar-refractivity contribution in [3.05, 3.63) is 66.2 Å². The number of para-hydroxylation sites is 2. The van der Waals surface area contributed by atoms with E-state index < -0.39 is 0 Å². The van der Waals surface area contributed by atoms with E-state index in [2.05, 4.69) is 10.4 Å². The van der Waals surface area contributed by atoms with Crippen molar-refractivity contribution in [3.8, 4) is 0 Å². The lowest BCUT2D eigenvalue weighted by Gasteiger charge is -2.07. The van der Waals surface area contributed by atoms with Gasteiger partial charge in [0, 0.05) is 0 Å². The van der Waals surface area contributed by atoms with Gasteiger partial charge in [-0.15, -0.1) is 0 Å². The lowest BCUT2D eigenvalue weighted by molar-refractivity contribution is -0.116. The topological polar surface area (TPSA) is 46.9 Å². The molecule has 0 fully saturated rings. The molecule has 2 aromatic carbocycles. The van der Waals surface area contributed by atoms with Gasteiger partial charge in [-0.05, 0) is 29.8 Å². The van der Waals surface area contributed by atoms with Crippen LogP contribution in [-0.4, -0.2) is 15.6 Å². The van der Waals surface area contributed by atoms with Gasteiger partial charge in [-0.3, -0.25) is 10.2 Å². The first-order chi connectivity index (χ1) is 9.72. The fourth-order valence-electron chi connectivity index (χ4n) is 2.01. The highest BCUT2D eigenvalue weighted by molar-refractivity contribution is 5.88. The summed E-state index contributed by atoms with van der Waals surface area (Å²) in [5.74, 6) is -0.491. The average Bonchev–Trinajstić information content (AvgIpc) is 2.85. The van der Waals surface area contributed by atoms with E-state index in [0.717, 1.165) is 16.6 Å². The summed E-state index contributed by atoms with van der Waals surface area (Å²) in [6, 6.07) is 13.4. The van der Waals surface area contributed by atoms with Crippen LogP contribution in [0.1, 0.15) is 5.56 Å². The minimum absolute atomic E-state index is 0.181. The number of hydrogen-bond acceptors (Lipinski definition) is 2. The number of amides is 1. The lowest BCUT2D eigenvalue weighted by atomic mass is 10.1. The van der Waals surface area contributed by atoms with Gasteiger partial charge in [-0.25, -0.2) is 14.1 Å². The normalized spacial score (nSPS) is 10.7. The lowest BCUT2D eigenvalue weighted by Crippen LogP contribution is -2.23. The molecule has 1 N–H and O–H groups in total. The largest absolute Gasteiger partial charge is 0.273 e. The zero-order valence-electron chi connectivity index (χ0n) is 10.6. The summed E-state index contributed by atoms with van der Waals surface area (Å²) in [5, 5.41) is 0. The molecule has 1 heterocycles. The molecule has 0 spiro atoms. The molecule has 0 atom stereocenters. The van der Waals surface area contributed by atoms with E-state index in [1.54, 1.807) is 23.1 Å². The number of benzene rings is 2. The van der Waals surface area contributed by atoms with Crippen molar-refractivity contribution in [1.82, 2.24) is 9.66 Å². The molecular weight excluding hydrogens is 257 g/mol. The van der Waals surface area contributed by atoms with E-state index in [0.29, 0.717) is 0 Å². The van der Waals surface area contributed by atoms with E-state index in [9.17, 15) is 9.18 Å². The molecule has 4 nitrogen and oxygen atoms in total. The van der Waals surface area contributed by atoms with Crippen LogP contribution in [0.15, 0.2) is 54.9 Å². The number of carbonyl (C=O) groups excluding carboxylic acids is 1. The van der Waals surface area contributed by atoms with Crippen LogP contribution < -0.4 is 5.43 Å². The predicted octanol–water partition coefficient (Wildman–Crippen LogP) is 2.49. The van der Waals surface area contributed by atoms with Crippen LogP contribution in [0.25, 0.3) is 11.0 Å². The quantitative estimate of drug-likeness (QED) is 0.794. The number of imidazole rings is 1. The second-order valence-electron chi connectivity index (χ2n) is 4.44. The van der Waals surface area contributed by atoms with Gasteiger partial charge in [0.1, 0.15) is 12.1 Å². The zero-order chi connectivity index (χ0) is 13.9. The Balaban J connectivity index is 1.74. The van der Waals surface area contributed by atoms with E-state index in [1.165, 1.54) is 12.1 Å². The van der Waals surface area contributed by atoms with Crippen molar-refractivity contribution in [2.45, 2.75) is 6.42 Å². The first-order valence-corrected chi connectivity index (χ1v) is 6.19. The summed E-state index contributed by atoms with van der Waals surface area (Å²) in [6.07, 6.45) is 1.75. The summed E-state index contributed by atoms with van der Waals surface area (Å²) in [7, 11) is 0. The Morgan fingerprint density at radius 2 is 1.90 bits per heavy atom. The van der Waals surface area contributed by atoms with Crippen LogP contribution in [-0.2, 0) is 11.2 Å². The number of rotatable bonds is 3. The van der Waals surface area contributed by atoms with Gasteiger partial charge in [-0.1, -0.05) is 24.3 Å². The number of nitrogens with one attached hydrogen (secondary N) is 1. The van der Waals surface area contributed by atoms with Crippen molar-refractivity contribution in [3.63, 3.8) is 0 Å². The Hall–Kier alpha value is -2.69. The maximum absolute atomic E-state index is 12.8. The third kappa shape index (κ3) is 2.51. The molecule has 5 heteroatoms. The fraction of sp³-hybridized carbons (Fsp3) is 0.0667. The van der Waals surface area contributed by atoms with Gasteiger partial charge < -0.3 is 0 Å². The smallest absolute Gasteiger partial charge is 0.243 e. The molecule has 0 radical (unpaired) electrons. The second kappa shape index (κ2) is 5.13. The maximum atomic E-state index is 12.8. The van der Waals surface area contributed by atoms with Gasteiger partial charge in [0.25, 0.3) is 0 Å². The number of nitrogens with zero attached hydrogens (tertiary/aromatic N) is 2. The summed E-state index contributed by atoms with van der Waals surface area (Å²) < 4.78 is 14.4. The van der Waals surface area contributed by atoms with Crippen LogP contribution in [0.2, 0.25) is 0 Å². The van der Waals surface area contributed by atoms with Gasteiger partial charge in [0.15, 0.2) is 0 Å². The first-order valence-electron chi connectivity index (χ1n) is 6.19. The number of halogens is 1. The maximum Gasteiger partial charge on any atom is 0.243 e. The molecule has 1 amide bonds.